The molecule has 1 amide bonds. The van der Waals surface area contributed by atoms with Crippen molar-refractivity contribution in [3.8, 4) is 0 Å². The van der Waals surface area contributed by atoms with Gasteiger partial charge in [0.15, 0.2) is 0 Å². The molecule has 0 bridgehead atoms. The molecule has 116 valence electrons. The van der Waals surface area contributed by atoms with Gasteiger partial charge >= 0.3 is 0 Å². The number of rotatable bonds is 4. The van der Waals surface area contributed by atoms with Gasteiger partial charge in [0.25, 0.3) is 0 Å². The van der Waals surface area contributed by atoms with E-state index in [0.717, 1.165) is 18.8 Å². The number of benzene rings is 1. The minimum absolute atomic E-state index is 0.0382. The number of piperidine rings is 1. The molecule has 1 aromatic heterocycles. The van der Waals surface area contributed by atoms with E-state index in [1.807, 2.05) is 19.1 Å². The van der Waals surface area contributed by atoms with E-state index < -0.39 is 0 Å². The predicted molar refractivity (Wildman–Crippen MR) is 88.1 cm³/mol. The van der Waals surface area contributed by atoms with E-state index >= 15 is 0 Å². The van der Waals surface area contributed by atoms with Gasteiger partial charge in [0, 0.05) is 36.9 Å². The van der Waals surface area contributed by atoms with E-state index in [1.54, 1.807) is 23.3 Å². The monoisotopic (exact) mass is 298 g/mol. The van der Waals surface area contributed by atoms with Crippen molar-refractivity contribution in [2.75, 3.05) is 23.3 Å². The van der Waals surface area contributed by atoms with Gasteiger partial charge in [0.2, 0.25) is 5.91 Å². The van der Waals surface area contributed by atoms with Crippen LogP contribution in [0.3, 0.4) is 0 Å². The van der Waals surface area contributed by atoms with Gasteiger partial charge in [-0.2, -0.15) is 0 Å². The summed E-state index contributed by atoms with van der Waals surface area (Å²) >= 11 is 0. The number of amides is 1. The molecule has 2 aromatic rings. The second-order valence-corrected chi connectivity index (χ2v) is 5.77. The Morgan fingerprint density at radius 3 is 2.55 bits per heavy atom. The third-order valence-corrected chi connectivity index (χ3v) is 4.21. The van der Waals surface area contributed by atoms with Crippen LogP contribution in [0.4, 0.5) is 11.4 Å². The molecular formula is C17H22N4O. The molecule has 1 aliphatic heterocycles. The van der Waals surface area contributed by atoms with E-state index in [-0.39, 0.29) is 11.9 Å². The zero-order valence-corrected chi connectivity index (χ0v) is 12.9. The zero-order valence-electron chi connectivity index (χ0n) is 12.9. The predicted octanol–water partition coefficient (Wildman–Crippen LogP) is 3.07. The number of nitrogens with one attached hydrogen (secondary N) is 1. The van der Waals surface area contributed by atoms with Gasteiger partial charge < -0.3 is 14.8 Å². The highest BCUT2D eigenvalue weighted by atomic mass is 16.2. The van der Waals surface area contributed by atoms with Crippen LogP contribution in [-0.4, -0.2) is 28.5 Å². The SMILES string of the molecule is CC(C(=O)Nc1ccc(N2CCCCC2)cc1)n1ccnc1. The second-order valence-electron chi connectivity index (χ2n) is 5.77. The summed E-state index contributed by atoms with van der Waals surface area (Å²) in [6, 6.07) is 7.85. The van der Waals surface area contributed by atoms with Crippen LogP contribution < -0.4 is 10.2 Å². The Kier molecular flexibility index (Phi) is 4.42. The highest BCUT2D eigenvalue weighted by Crippen LogP contribution is 2.22. The zero-order chi connectivity index (χ0) is 15.4. The summed E-state index contributed by atoms with van der Waals surface area (Å²) in [5, 5.41) is 2.95. The second kappa shape index (κ2) is 6.64. The largest absolute Gasteiger partial charge is 0.372 e. The van der Waals surface area contributed by atoms with Gasteiger partial charge in [0.1, 0.15) is 6.04 Å². The van der Waals surface area contributed by atoms with E-state index in [9.17, 15) is 4.79 Å². The van der Waals surface area contributed by atoms with E-state index in [0.29, 0.717) is 0 Å². The maximum Gasteiger partial charge on any atom is 0.247 e. The summed E-state index contributed by atoms with van der Waals surface area (Å²) in [4.78, 5) is 18.6. The van der Waals surface area contributed by atoms with Crippen molar-refractivity contribution >= 4 is 17.3 Å². The third kappa shape index (κ3) is 3.30. The van der Waals surface area contributed by atoms with Gasteiger partial charge in [-0.25, -0.2) is 4.98 Å². The highest BCUT2D eigenvalue weighted by Gasteiger charge is 2.15. The molecular weight excluding hydrogens is 276 g/mol. The van der Waals surface area contributed by atoms with Crippen molar-refractivity contribution < 1.29 is 4.79 Å². The van der Waals surface area contributed by atoms with Gasteiger partial charge in [0.05, 0.1) is 6.33 Å². The van der Waals surface area contributed by atoms with Crippen molar-refractivity contribution in [3.63, 3.8) is 0 Å². The number of aromatic nitrogens is 2. The highest BCUT2D eigenvalue weighted by molar-refractivity contribution is 5.93. The number of imidazole rings is 1. The molecule has 1 aliphatic rings. The van der Waals surface area contributed by atoms with Crippen molar-refractivity contribution in [1.29, 1.82) is 0 Å². The minimum Gasteiger partial charge on any atom is -0.372 e. The maximum atomic E-state index is 12.2. The van der Waals surface area contributed by atoms with Gasteiger partial charge in [-0.3, -0.25) is 4.79 Å². The maximum absolute atomic E-state index is 12.2. The average molecular weight is 298 g/mol. The molecule has 1 atom stereocenters. The first-order chi connectivity index (χ1) is 10.7. The van der Waals surface area contributed by atoms with Crippen LogP contribution in [0, 0.1) is 0 Å². The van der Waals surface area contributed by atoms with Crippen molar-refractivity contribution in [1.82, 2.24) is 9.55 Å². The van der Waals surface area contributed by atoms with Crippen LogP contribution in [-0.2, 0) is 4.79 Å². The number of carbonyl (C=O) groups is 1. The van der Waals surface area contributed by atoms with Crippen LogP contribution in [0.2, 0.25) is 0 Å². The molecule has 2 heterocycles. The van der Waals surface area contributed by atoms with Crippen molar-refractivity contribution in [2.45, 2.75) is 32.2 Å². The van der Waals surface area contributed by atoms with Gasteiger partial charge in [-0.1, -0.05) is 0 Å². The number of anilines is 2. The molecule has 1 aromatic carbocycles. The lowest BCUT2D eigenvalue weighted by Gasteiger charge is -2.28. The standard InChI is InChI=1S/C17H22N4O/c1-14(21-12-9-18-13-21)17(22)19-15-5-7-16(8-6-15)20-10-3-2-4-11-20/h5-9,12-14H,2-4,10-11H2,1H3,(H,19,22). The lowest BCUT2D eigenvalue weighted by molar-refractivity contribution is -0.118. The molecule has 1 unspecified atom stereocenters. The summed E-state index contributed by atoms with van der Waals surface area (Å²) in [5.74, 6) is -0.0382. The van der Waals surface area contributed by atoms with E-state index in [2.05, 4.69) is 27.3 Å². The summed E-state index contributed by atoms with van der Waals surface area (Å²) in [5.41, 5.74) is 2.07. The topological polar surface area (TPSA) is 50.2 Å². The number of nitrogens with zero attached hydrogens (tertiary/aromatic N) is 3. The minimum atomic E-state index is -0.274. The lowest BCUT2D eigenvalue weighted by atomic mass is 10.1. The summed E-state index contributed by atoms with van der Waals surface area (Å²) < 4.78 is 1.79. The Balaban J connectivity index is 1.62. The molecule has 5 nitrogen and oxygen atoms in total. The molecule has 0 radical (unpaired) electrons. The van der Waals surface area contributed by atoms with E-state index in [1.165, 1.54) is 24.9 Å². The molecule has 0 spiro atoms. The quantitative estimate of drug-likeness (QED) is 0.943. The Morgan fingerprint density at radius 1 is 1.18 bits per heavy atom. The molecule has 22 heavy (non-hydrogen) atoms. The Bertz CT molecular complexity index is 600. The van der Waals surface area contributed by atoms with Crippen LogP contribution in [0.25, 0.3) is 0 Å². The Morgan fingerprint density at radius 2 is 1.91 bits per heavy atom. The van der Waals surface area contributed by atoms with Crippen LogP contribution in [0.1, 0.15) is 32.2 Å². The van der Waals surface area contributed by atoms with Gasteiger partial charge in [-0.05, 0) is 50.5 Å². The molecule has 1 fully saturated rings. The fraction of sp³-hybridized carbons (Fsp3) is 0.412. The average Bonchev–Trinajstić information content (AvgIpc) is 3.10. The summed E-state index contributed by atoms with van der Waals surface area (Å²) in [6.45, 7) is 4.12. The third-order valence-electron chi connectivity index (χ3n) is 4.21. The lowest BCUT2D eigenvalue weighted by Crippen LogP contribution is -2.29. The molecule has 1 N–H and O–H groups in total. The van der Waals surface area contributed by atoms with Crippen LogP contribution >= 0.6 is 0 Å². The normalized spacial score (nSPS) is 16.3. The molecule has 1 saturated heterocycles. The molecule has 0 aliphatic carbocycles. The van der Waals surface area contributed by atoms with Crippen LogP contribution in [0.15, 0.2) is 43.0 Å². The summed E-state index contributed by atoms with van der Waals surface area (Å²) in [7, 11) is 0. The Labute approximate surface area is 131 Å². The first-order valence-electron chi connectivity index (χ1n) is 7.87. The van der Waals surface area contributed by atoms with Gasteiger partial charge in [-0.15, -0.1) is 0 Å². The fourth-order valence-corrected chi connectivity index (χ4v) is 2.79. The molecule has 0 saturated carbocycles. The molecule has 5 heteroatoms. The first kappa shape index (κ1) is 14.6. The number of carbonyl (C=O) groups excluding carboxylic acids is 1. The van der Waals surface area contributed by atoms with E-state index in [4.69, 9.17) is 0 Å². The van der Waals surface area contributed by atoms with Crippen LogP contribution in [0.5, 0.6) is 0 Å². The fourth-order valence-electron chi connectivity index (χ4n) is 2.79. The van der Waals surface area contributed by atoms with Crippen molar-refractivity contribution in [2.24, 2.45) is 0 Å². The number of hydrogen-bond acceptors (Lipinski definition) is 3. The summed E-state index contributed by atoms with van der Waals surface area (Å²) in [6.07, 6.45) is 8.99. The smallest absolute Gasteiger partial charge is 0.247 e. The molecule has 3 rings (SSSR count). The first-order valence-corrected chi connectivity index (χ1v) is 7.87. The Hall–Kier alpha value is -2.30. The van der Waals surface area contributed by atoms with Crippen molar-refractivity contribution in [3.05, 3.63) is 43.0 Å². The number of hydrogen-bond donors (Lipinski definition) is 1.